The third-order valence-corrected chi connectivity index (χ3v) is 3.67. The van der Waals surface area contributed by atoms with Gasteiger partial charge in [-0.05, 0) is 38.2 Å². The van der Waals surface area contributed by atoms with E-state index in [0.717, 1.165) is 5.69 Å². The van der Waals surface area contributed by atoms with Gasteiger partial charge in [-0.1, -0.05) is 18.2 Å². The van der Waals surface area contributed by atoms with Crippen LogP contribution in [0.15, 0.2) is 47.6 Å². The molecule has 0 atom stereocenters. The van der Waals surface area contributed by atoms with Crippen molar-refractivity contribution in [2.45, 2.75) is 13.8 Å². The molecule has 0 bridgehead atoms. The minimum absolute atomic E-state index is 0.0594. The van der Waals surface area contributed by atoms with Gasteiger partial charge in [-0.3, -0.25) is 15.5 Å². The Morgan fingerprint density at radius 1 is 1.28 bits per heavy atom. The van der Waals surface area contributed by atoms with Crippen molar-refractivity contribution in [2.24, 2.45) is 5.10 Å². The molecule has 0 saturated heterocycles. The number of nitrogens with one attached hydrogen (secondary N) is 2. The van der Waals surface area contributed by atoms with Crippen molar-refractivity contribution < 1.29 is 9.66 Å². The number of nitrogens with zero attached hydrogens (tertiary/aromatic N) is 2. The Bertz CT molecular complexity index is 836. The fraction of sp³-hybridized carbons (Fsp3) is 0.176. The molecule has 0 aromatic heterocycles. The molecule has 0 spiro atoms. The highest BCUT2D eigenvalue weighted by molar-refractivity contribution is 7.80. The molecule has 25 heavy (non-hydrogen) atoms. The molecule has 8 heteroatoms. The zero-order valence-electron chi connectivity index (χ0n) is 14.1. The van der Waals surface area contributed by atoms with Gasteiger partial charge in [0, 0.05) is 28.9 Å². The van der Waals surface area contributed by atoms with Gasteiger partial charge in [0.1, 0.15) is 5.75 Å². The van der Waals surface area contributed by atoms with Crippen LogP contribution >= 0.6 is 12.2 Å². The van der Waals surface area contributed by atoms with Crippen LogP contribution in [-0.4, -0.2) is 22.9 Å². The number of hydrogen-bond acceptors (Lipinski definition) is 5. The quantitative estimate of drug-likeness (QED) is 0.367. The van der Waals surface area contributed by atoms with Gasteiger partial charge in [-0.25, -0.2) is 0 Å². The first-order valence-electron chi connectivity index (χ1n) is 7.41. The van der Waals surface area contributed by atoms with Gasteiger partial charge in [-0.15, -0.1) is 0 Å². The largest absolute Gasteiger partial charge is 0.497 e. The van der Waals surface area contributed by atoms with Crippen molar-refractivity contribution in [2.75, 3.05) is 12.4 Å². The first kappa shape index (κ1) is 18.3. The third kappa shape index (κ3) is 4.98. The lowest BCUT2D eigenvalue weighted by molar-refractivity contribution is -0.385. The van der Waals surface area contributed by atoms with Gasteiger partial charge in [0.05, 0.1) is 17.7 Å². The molecule has 0 amide bonds. The van der Waals surface area contributed by atoms with E-state index in [-0.39, 0.29) is 5.69 Å². The Balaban J connectivity index is 2.06. The Morgan fingerprint density at radius 2 is 2.04 bits per heavy atom. The number of nitro groups is 1. The second kappa shape index (κ2) is 8.20. The number of ether oxygens (including phenoxy) is 1. The van der Waals surface area contributed by atoms with Crippen LogP contribution in [0.5, 0.6) is 5.75 Å². The number of nitro benzene ring substituents is 1. The molecule has 0 radical (unpaired) electrons. The van der Waals surface area contributed by atoms with E-state index in [1.165, 1.54) is 6.07 Å². The summed E-state index contributed by atoms with van der Waals surface area (Å²) < 4.78 is 5.15. The van der Waals surface area contributed by atoms with Gasteiger partial charge in [0.25, 0.3) is 5.69 Å². The molecule has 2 aromatic carbocycles. The predicted molar refractivity (Wildman–Crippen MR) is 102 cm³/mol. The lowest BCUT2D eigenvalue weighted by Crippen LogP contribution is -2.25. The van der Waals surface area contributed by atoms with Crippen LogP contribution in [0.3, 0.4) is 0 Å². The van der Waals surface area contributed by atoms with Crippen LogP contribution < -0.4 is 15.5 Å². The summed E-state index contributed by atoms with van der Waals surface area (Å²) in [5.74, 6) is 0.708. The molecule has 0 aliphatic rings. The number of hydrazone groups is 1. The maximum atomic E-state index is 11.0. The molecule has 0 heterocycles. The molecule has 7 nitrogen and oxygen atoms in total. The zero-order valence-corrected chi connectivity index (χ0v) is 14.9. The predicted octanol–water partition coefficient (Wildman–Crippen LogP) is 3.62. The molecule has 2 N–H and O–H groups in total. The number of aryl methyl sites for hydroxylation is 1. The van der Waals surface area contributed by atoms with E-state index in [1.54, 1.807) is 39.2 Å². The second-order valence-electron chi connectivity index (χ2n) is 5.25. The summed E-state index contributed by atoms with van der Waals surface area (Å²) in [7, 11) is 1.59. The summed E-state index contributed by atoms with van der Waals surface area (Å²) in [5.41, 5.74) is 5.38. The van der Waals surface area contributed by atoms with Crippen LogP contribution in [0.2, 0.25) is 0 Å². The lowest BCUT2D eigenvalue weighted by atomic mass is 10.1. The number of anilines is 1. The van der Waals surface area contributed by atoms with Crippen molar-refractivity contribution >= 4 is 34.4 Å². The molecule has 0 fully saturated rings. The SMILES string of the molecule is COc1cccc(NC(=S)N/N=C(\C)c2ccc(C)c([N+](=O)[O-])c2)c1. The normalized spacial score (nSPS) is 10.9. The van der Waals surface area contributed by atoms with E-state index in [4.69, 9.17) is 17.0 Å². The minimum atomic E-state index is -0.408. The summed E-state index contributed by atoms with van der Waals surface area (Å²) in [6.45, 7) is 3.44. The van der Waals surface area contributed by atoms with Gasteiger partial charge in [0.2, 0.25) is 0 Å². The average molecular weight is 358 g/mol. The maximum Gasteiger partial charge on any atom is 0.272 e. The fourth-order valence-corrected chi connectivity index (χ4v) is 2.25. The Labute approximate surface area is 150 Å². The minimum Gasteiger partial charge on any atom is -0.497 e. The summed E-state index contributed by atoms with van der Waals surface area (Å²) in [4.78, 5) is 10.6. The Kier molecular flexibility index (Phi) is 6.02. The molecule has 2 rings (SSSR count). The fourth-order valence-electron chi connectivity index (χ4n) is 2.09. The van der Waals surface area contributed by atoms with E-state index in [9.17, 15) is 10.1 Å². The highest BCUT2D eigenvalue weighted by Gasteiger charge is 2.12. The van der Waals surface area contributed by atoms with Crippen molar-refractivity contribution in [3.05, 3.63) is 63.7 Å². The van der Waals surface area contributed by atoms with E-state index in [0.29, 0.717) is 27.7 Å². The number of methoxy groups -OCH3 is 1. The average Bonchev–Trinajstić information content (AvgIpc) is 2.60. The third-order valence-electron chi connectivity index (χ3n) is 3.48. The molecule has 0 unspecified atom stereocenters. The number of benzene rings is 2. The highest BCUT2D eigenvalue weighted by atomic mass is 32.1. The molecule has 130 valence electrons. The zero-order chi connectivity index (χ0) is 18.4. The highest BCUT2D eigenvalue weighted by Crippen LogP contribution is 2.20. The van der Waals surface area contributed by atoms with Gasteiger partial charge < -0.3 is 10.1 Å². The van der Waals surface area contributed by atoms with Gasteiger partial charge >= 0.3 is 0 Å². The topological polar surface area (TPSA) is 88.8 Å². The number of rotatable bonds is 5. The molecule has 2 aromatic rings. The Morgan fingerprint density at radius 3 is 2.72 bits per heavy atom. The van der Waals surface area contributed by atoms with E-state index in [2.05, 4.69) is 15.8 Å². The smallest absolute Gasteiger partial charge is 0.272 e. The summed E-state index contributed by atoms with van der Waals surface area (Å²) in [6.07, 6.45) is 0. The summed E-state index contributed by atoms with van der Waals surface area (Å²) in [5, 5.41) is 18.5. The lowest BCUT2D eigenvalue weighted by Gasteiger charge is -2.09. The monoisotopic (exact) mass is 358 g/mol. The molecular formula is C17H18N4O3S. The standard InChI is InChI=1S/C17H18N4O3S/c1-11-7-8-13(9-16(11)21(22)23)12(2)19-20-17(25)18-14-5-4-6-15(10-14)24-3/h4-10H,1-3H3,(H2,18,20,25)/b19-12+. The molecule has 0 saturated carbocycles. The van der Waals surface area contributed by atoms with Crippen molar-refractivity contribution in [3.8, 4) is 5.75 Å². The van der Waals surface area contributed by atoms with Crippen molar-refractivity contribution in [1.29, 1.82) is 0 Å². The van der Waals surface area contributed by atoms with Crippen LogP contribution in [-0.2, 0) is 0 Å². The first-order chi connectivity index (χ1) is 11.9. The van der Waals surface area contributed by atoms with E-state index < -0.39 is 4.92 Å². The van der Waals surface area contributed by atoms with E-state index >= 15 is 0 Å². The molecule has 0 aliphatic heterocycles. The van der Waals surface area contributed by atoms with Crippen molar-refractivity contribution in [3.63, 3.8) is 0 Å². The van der Waals surface area contributed by atoms with Crippen LogP contribution in [0.25, 0.3) is 0 Å². The second-order valence-corrected chi connectivity index (χ2v) is 5.66. The van der Waals surface area contributed by atoms with Gasteiger partial charge in [0.15, 0.2) is 5.11 Å². The maximum absolute atomic E-state index is 11.0. The van der Waals surface area contributed by atoms with Crippen LogP contribution in [0.4, 0.5) is 11.4 Å². The summed E-state index contributed by atoms with van der Waals surface area (Å²) in [6, 6.07) is 12.3. The van der Waals surface area contributed by atoms with Crippen LogP contribution in [0.1, 0.15) is 18.1 Å². The summed E-state index contributed by atoms with van der Waals surface area (Å²) >= 11 is 5.19. The van der Waals surface area contributed by atoms with Crippen molar-refractivity contribution in [1.82, 2.24) is 5.43 Å². The first-order valence-corrected chi connectivity index (χ1v) is 7.82. The molecular weight excluding hydrogens is 340 g/mol. The number of hydrogen-bond donors (Lipinski definition) is 2. The van der Waals surface area contributed by atoms with Gasteiger partial charge in [-0.2, -0.15) is 5.10 Å². The van der Waals surface area contributed by atoms with E-state index in [1.807, 2.05) is 18.2 Å². The Hall–Kier alpha value is -3.00. The van der Waals surface area contributed by atoms with Crippen LogP contribution in [0, 0.1) is 17.0 Å². The molecule has 0 aliphatic carbocycles. The number of thiocarbonyl (C=S) groups is 1.